The average molecular weight is 479 g/mol. The van der Waals surface area contributed by atoms with E-state index in [-0.39, 0.29) is 24.8 Å². The highest BCUT2D eigenvalue weighted by atomic mass is 35.5. The van der Waals surface area contributed by atoms with Gasteiger partial charge in [-0.15, -0.1) is 24.8 Å². The Balaban J connectivity index is 0.00000144. The molecule has 174 valence electrons. The Hall–Kier alpha value is -2.16. The van der Waals surface area contributed by atoms with Crippen molar-refractivity contribution in [1.82, 2.24) is 24.5 Å². The molecule has 3 aromatic rings. The molecule has 2 fully saturated rings. The molecule has 32 heavy (non-hydrogen) atoms. The van der Waals surface area contributed by atoms with Crippen LogP contribution in [0.25, 0.3) is 11.2 Å². The highest BCUT2D eigenvalue weighted by Crippen LogP contribution is 2.33. The molecule has 2 aliphatic carbocycles. The quantitative estimate of drug-likeness (QED) is 0.479. The lowest BCUT2D eigenvalue weighted by Gasteiger charge is -2.27. The number of nitrogens with two attached hydrogens (primary N) is 1. The van der Waals surface area contributed by atoms with E-state index in [1.807, 2.05) is 30.9 Å². The Bertz CT molecular complexity index is 982. The molecule has 0 saturated heterocycles. The molecule has 0 aliphatic heterocycles. The van der Waals surface area contributed by atoms with E-state index < -0.39 is 0 Å². The number of fused-ring (bicyclic) bond motifs is 1. The molecule has 0 aromatic carbocycles. The average Bonchev–Trinajstić information content (AvgIpc) is 3.44. The fourth-order valence-electron chi connectivity index (χ4n) is 4.69. The molecule has 3 aromatic heterocycles. The van der Waals surface area contributed by atoms with Gasteiger partial charge in [-0.1, -0.05) is 12.8 Å². The lowest BCUT2D eigenvalue weighted by Crippen LogP contribution is -2.33. The molecule has 2 aliphatic rings. The summed E-state index contributed by atoms with van der Waals surface area (Å²) < 4.78 is 2.25. The minimum atomic E-state index is 0. The van der Waals surface area contributed by atoms with Gasteiger partial charge in [0.1, 0.15) is 0 Å². The van der Waals surface area contributed by atoms with E-state index in [0.717, 1.165) is 48.2 Å². The molecule has 8 nitrogen and oxygen atoms in total. The summed E-state index contributed by atoms with van der Waals surface area (Å²) in [6, 6.07) is 5.20. The second kappa shape index (κ2) is 11.1. The molecule has 0 unspecified atom stereocenters. The third-order valence-corrected chi connectivity index (χ3v) is 6.45. The molecule has 2 saturated carbocycles. The van der Waals surface area contributed by atoms with E-state index in [2.05, 4.69) is 20.2 Å². The number of nitrogens with zero attached hydrogens (tertiary/aromatic N) is 5. The molecule has 0 amide bonds. The number of imidazole rings is 1. The van der Waals surface area contributed by atoms with Crippen molar-refractivity contribution in [3.8, 4) is 0 Å². The van der Waals surface area contributed by atoms with Gasteiger partial charge in [-0.25, -0.2) is 4.98 Å². The summed E-state index contributed by atoms with van der Waals surface area (Å²) in [5.74, 6) is 1.46. The fraction of sp³-hybridized carbons (Fsp3) is 0.545. The van der Waals surface area contributed by atoms with Crippen LogP contribution in [0.2, 0.25) is 0 Å². The van der Waals surface area contributed by atoms with Crippen LogP contribution in [-0.4, -0.2) is 36.6 Å². The molecule has 5 rings (SSSR count). The first-order valence-electron chi connectivity index (χ1n) is 11.2. The van der Waals surface area contributed by atoms with Gasteiger partial charge < -0.3 is 20.9 Å². The van der Waals surface area contributed by atoms with Crippen LogP contribution in [0.1, 0.15) is 63.0 Å². The number of nitrogens with one attached hydrogen (secondary N) is 2. The maximum atomic E-state index is 6.07. The van der Waals surface area contributed by atoms with E-state index in [1.165, 1.54) is 25.7 Å². The number of aromatic nitrogens is 5. The summed E-state index contributed by atoms with van der Waals surface area (Å²) >= 11 is 0. The van der Waals surface area contributed by atoms with Crippen molar-refractivity contribution in [2.24, 2.45) is 5.73 Å². The van der Waals surface area contributed by atoms with Crippen molar-refractivity contribution in [3.05, 3.63) is 36.4 Å². The van der Waals surface area contributed by atoms with E-state index in [0.29, 0.717) is 30.6 Å². The normalized spacial score (nSPS) is 21.0. The Labute approximate surface area is 201 Å². The summed E-state index contributed by atoms with van der Waals surface area (Å²) in [5, 5.41) is 7.05. The largest absolute Gasteiger partial charge is 0.364 e. The van der Waals surface area contributed by atoms with Gasteiger partial charge in [0.2, 0.25) is 5.95 Å². The number of halogens is 2. The molecule has 0 radical (unpaired) electrons. The van der Waals surface area contributed by atoms with E-state index in [1.54, 1.807) is 0 Å². The molecule has 0 bridgehead atoms. The van der Waals surface area contributed by atoms with E-state index in [9.17, 15) is 0 Å². The maximum Gasteiger partial charge on any atom is 0.227 e. The number of anilines is 2. The molecule has 4 N–H and O–H groups in total. The first-order valence-corrected chi connectivity index (χ1v) is 11.2. The highest BCUT2D eigenvalue weighted by Gasteiger charge is 2.23. The first kappa shape index (κ1) is 24.5. The number of hydrogen-bond donors (Lipinski definition) is 3. The number of rotatable bonds is 6. The Morgan fingerprint density at radius 2 is 1.69 bits per heavy atom. The minimum Gasteiger partial charge on any atom is -0.364 e. The molecular formula is C22H32Cl2N8. The van der Waals surface area contributed by atoms with Crippen molar-refractivity contribution in [2.75, 3.05) is 10.6 Å². The van der Waals surface area contributed by atoms with Gasteiger partial charge in [-0.2, -0.15) is 9.97 Å². The third kappa shape index (κ3) is 5.42. The highest BCUT2D eigenvalue weighted by molar-refractivity contribution is 5.86. The smallest absolute Gasteiger partial charge is 0.227 e. The zero-order valence-electron chi connectivity index (χ0n) is 18.1. The Morgan fingerprint density at radius 3 is 2.41 bits per heavy atom. The van der Waals surface area contributed by atoms with Crippen LogP contribution < -0.4 is 16.4 Å². The summed E-state index contributed by atoms with van der Waals surface area (Å²) in [4.78, 5) is 18.5. The fourth-order valence-corrected chi connectivity index (χ4v) is 4.69. The lowest BCUT2D eigenvalue weighted by molar-refractivity contribution is 0.410. The van der Waals surface area contributed by atoms with Gasteiger partial charge in [-0.05, 0) is 56.2 Å². The third-order valence-electron chi connectivity index (χ3n) is 6.45. The van der Waals surface area contributed by atoms with Crippen LogP contribution in [0.3, 0.4) is 0 Å². The second-order valence-corrected chi connectivity index (χ2v) is 8.62. The zero-order valence-corrected chi connectivity index (χ0v) is 19.7. The minimum absolute atomic E-state index is 0. The van der Waals surface area contributed by atoms with Crippen LogP contribution in [-0.2, 0) is 6.54 Å². The molecule has 10 heteroatoms. The van der Waals surface area contributed by atoms with Gasteiger partial charge in [-0.3, -0.25) is 4.98 Å². The van der Waals surface area contributed by atoms with E-state index in [4.69, 9.17) is 20.7 Å². The van der Waals surface area contributed by atoms with Crippen LogP contribution in [0.5, 0.6) is 0 Å². The van der Waals surface area contributed by atoms with Crippen molar-refractivity contribution in [1.29, 1.82) is 0 Å². The second-order valence-electron chi connectivity index (χ2n) is 8.62. The topological polar surface area (TPSA) is 107 Å². The van der Waals surface area contributed by atoms with Crippen molar-refractivity contribution >= 4 is 47.7 Å². The Morgan fingerprint density at radius 1 is 0.969 bits per heavy atom. The SMILES string of the molecule is Cl.Cl.N[C@H]1CC[C@H](Nc2nc(NCc3ccncc3)c3ncn(C4CCCC4)c3n2)CC1. The number of hydrogen-bond acceptors (Lipinski definition) is 7. The number of pyridine rings is 1. The van der Waals surface area contributed by atoms with Gasteiger partial charge in [0, 0.05) is 37.1 Å². The lowest BCUT2D eigenvalue weighted by atomic mass is 9.92. The first-order chi connectivity index (χ1) is 14.8. The van der Waals surface area contributed by atoms with Gasteiger partial charge in [0.25, 0.3) is 0 Å². The standard InChI is InChI=1S/C22H30N8.2ClH/c23-16-5-7-17(8-6-16)27-22-28-20(25-13-15-9-11-24-12-10-15)19-21(29-22)30(14-26-19)18-3-1-2-4-18;;/h9-12,14,16-18H,1-8,13,23H2,(H2,25,27,28,29);2*1H/t16-,17-;;. The Kier molecular flexibility index (Phi) is 8.51. The van der Waals surface area contributed by atoms with E-state index >= 15 is 0 Å². The predicted octanol–water partition coefficient (Wildman–Crippen LogP) is 4.47. The summed E-state index contributed by atoms with van der Waals surface area (Å²) in [6.07, 6.45) is 14.7. The maximum absolute atomic E-state index is 6.07. The molecule has 0 spiro atoms. The molecular weight excluding hydrogens is 447 g/mol. The van der Waals surface area contributed by atoms with Gasteiger partial charge in [0.15, 0.2) is 17.0 Å². The summed E-state index contributed by atoms with van der Waals surface area (Å²) in [5.41, 5.74) is 8.99. The molecule has 0 atom stereocenters. The van der Waals surface area contributed by atoms with Crippen LogP contribution >= 0.6 is 24.8 Å². The van der Waals surface area contributed by atoms with Crippen LogP contribution in [0.15, 0.2) is 30.9 Å². The summed E-state index contributed by atoms with van der Waals surface area (Å²) in [6.45, 7) is 0.669. The van der Waals surface area contributed by atoms with Crippen molar-refractivity contribution in [2.45, 2.75) is 76.0 Å². The van der Waals surface area contributed by atoms with Crippen molar-refractivity contribution in [3.63, 3.8) is 0 Å². The van der Waals surface area contributed by atoms with Gasteiger partial charge in [0.05, 0.1) is 6.33 Å². The van der Waals surface area contributed by atoms with Crippen LogP contribution in [0, 0.1) is 0 Å². The summed E-state index contributed by atoms with van der Waals surface area (Å²) in [7, 11) is 0. The molecule has 3 heterocycles. The predicted molar refractivity (Wildman–Crippen MR) is 133 cm³/mol. The zero-order chi connectivity index (χ0) is 20.3. The monoisotopic (exact) mass is 478 g/mol. The van der Waals surface area contributed by atoms with Crippen LogP contribution in [0.4, 0.5) is 11.8 Å². The van der Waals surface area contributed by atoms with Gasteiger partial charge >= 0.3 is 0 Å². The van der Waals surface area contributed by atoms with Crippen molar-refractivity contribution < 1.29 is 0 Å².